The zero-order chi connectivity index (χ0) is 9.19. The molecule has 0 bridgehead atoms. The lowest BCUT2D eigenvalue weighted by atomic mass is 9.82. The molecule has 0 aromatic heterocycles. The summed E-state index contributed by atoms with van der Waals surface area (Å²) < 4.78 is 10.7. The molecular formula is C8H17O3P. The molecule has 0 spiro atoms. The van der Waals surface area contributed by atoms with Crippen LogP contribution >= 0.6 is 7.60 Å². The molecule has 1 saturated carbocycles. The molecule has 0 aromatic carbocycles. The van der Waals surface area contributed by atoms with Crippen molar-refractivity contribution in [2.45, 2.75) is 32.6 Å². The third-order valence-corrected chi connectivity index (χ3v) is 3.71. The Morgan fingerprint density at radius 1 is 1.33 bits per heavy atom. The number of rotatable bonds is 2. The molecule has 1 fully saturated rings. The highest BCUT2D eigenvalue weighted by Gasteiger charge is 2.27. The summed E-state index contributed by atoms with van der Waals surface area (Å²) >= 11 is 0. The average molecular weight is 192 g/mol. The molecule has 1 aliphatic carbocycles. The minimum atomic E-state index is -3.77. The van der Waals surface area contributed by atoms with Gasteiger partial charge in [0, 0.05) is 0 Å². The minimum Gasteiger partial charge on any atom is -0.324 e. The van der Waals surface area contributed by atoms with Crippen LogP contribution in [-0.4, -0.2) is 15.9 Å². The van der Waals surface area contributed by atoms with Crippen LogP contribution in [0.3, 0.4) is 0 Å². The first-order chi connectivity index (χ1) is 5.49. The Balaban J connectivity index is 2.44. The SMILES string of the molecule is CC1CCCCC1CP(=O)(O)O. The summed E-state index contributed by atoms with van der Waals surface area (Å²) in [6.07, 6.45) is 4.57. The molecule has 0 amide bonds. The van der Waals surface area contributed by atoms with Crippen molar-refractivity contribution in [1.29, 1.82) is 0 Å². The predicted molar refractivity (Wildman–Crippen MR) is 48.0 cm³/mol. The zero-order valence-corrected chi connectivity index (χ0v) is 8.33. The van der Waals surface area contributed by atoms with Gasteiger partial charge in [0.25, 0.3) is 0 Å². The summed E-state index contributed by atoms with van der Waals surface area (Å²) in [4.78, 5) is 17.6. The standard InChI is InChI=1S/C8H17O3P/c1-7-4-2-3-5-8(7)6-12(9,10)11/h7-8H,2-6H2,1H3,(H2,9,10,11). The highest BCUT2D eigenvalue weighted by atomic mass is 31.2. The Morgan fingerprint density at radius 2 is 1.92 bits per heavy atom. The van der Waals surface area contributed by atoms with Gasteiger partial charge in [-0.2, -0.15) is 0 Å². The molecular weight excluding hydrogens is 175 g/mol. The molecule has 2 N–H and O–H groups in total. The van der Waals surface area contributed by atoms with Crippen LogP contribution in [0.15, 0.2) is 0 Å². The maximum Gasteiger partial charge on any atom is 0.325 e. The molecule has 72 valence electrons. The van der Waals surface area contributed by atoms with E-state index in [1.54, 1.807) is 0 Å². The predicted octanol–water partition coefficient (Wildman–Crippen LogP) is 1.99. The van der Waals surface area contributed by atoms with Crippen LogP contribution in [0.25, 0.3) is 0 Å². The van der Waals surface area contributed by atoms with Gasteiger partial charge in [0.05, 0.1) is 6.16 Å². The van der Waals surface area contributed by atoms with E-state index in [1.165, 1.54) is 6.42 Å². The summed E-state index contributed by atoms with van der Waals surface area (Å²) in [6.45, 7) is 2.10. The molecule has 1 rings (SSSR count). The van der Waals surface area contributed by atoms with E-state index in [1.807, 2.05) is 0 Å². The van der Waals surface area contributed by atoms with E-state index in [2.05, 4.69) is 6.92 Å². The van der Waals surface area contributed by atoms with Crippen molar-refractivity contribution in [2.75, 3.05) is 6.16 Å². The highest BCUT2D eigenvalue weighted by Crippen LogP contribution is 2.43. The molecule has 0 radical (unpaired) electrons. The van der Waals surface area contributed by atoms with Gasteiger partial charge in [0.1, 0.15) is 0 Å². The van der Waals surface area contributed by atoms with Crippen molar-refractivity contribution in [3.63, 3.8) is 0 Å². The van der Waals surface area contributed by atoms with Gasteiger partial charge in [-0.3, -0.25) is 4.57 Å². The van der Waals surface area contributed by atoms with Gasteiger partial charge < -0.3 is 9.79 Å². The van der Waals surface area contributed by atoms with Crippen molar-refractivity contribution < 1.29 is 14.4 Å². The van der Waals surface area contributed by atoms with Crippen LogP contribution < -0.4 is 0 Å². The van der Waals surface area contributed by atoms with Gasteiger partial charge >= 0.3 is 7.60 Å². The van der Waals surface area contributed by atoms with Gasteiger partial charge in [0.15, 0.2) is 0 Å². The third kappa shape index (κ3) is 3.26. The molecule has 0 aromatic rings. The van der Waals surface area contributed by atoms with Crippen LogP contribution in [-0.2, 0) is 4.57 Å². The fraction of sp³-hybridized carbons (Fsp3) is 1.00. The fourth-order valence-electron chi connectivity index (χ4n) is 1.97. The lowest BCUT2D eigenvalue weighted by Crippen LogP contribution is -2.20. The molecule has 12 heavy (non-hydrogen) atoms. The first kappa shape index (κ1) is 10.2. The first-order valence-corrected chi connectivity index (χ1v) is 6.33. The Hall–Kier alpha value is 0.150. The topological polar surface area (TPSA) is 57.5 Å². The van der Waals surface area contributed by atoms with Crippen LogP contribution in [0.1, 0.15) is 32.6 Å². The fourth-order valence-corrected chi connectivity index (χ4v) is 3.12. The Bertz CT molecular complexity index is 187. The maximum absolute atomic E-state index is 10.7. The number of hydrogen-bond donors (Lipinski definition) is 2. The second-order valence-electron chi connectivity index (χ2n) is 3.87. The van der Waals surface area contributed by atoms with Crippen molar-refractivity contribution in [3.8, 4) is 0 Å². The molecule has 1 aliphatic rings. The molecule has 0 heterocycles. The summed E-state index contributed by atoms with van der Waals surface area (Å²) in [6, 6.07) is 0. The normalized spacial score (nSPS) is 31.9. The van der Waals surface area contributed by atoms with Gasteiger partial charge in [-0.15, -0.1) is 0 Å². The smallest absolute Gasteiger partial charge is 0.324 e. The zero-order valence-electron chi connectivity index (χ0n) is 7.44. The van der Waals surface area contributed by atoms with Gasteiger partial charge in [0.2, 0.25) is 0 Å². The van der Waals surface area contributed by atoms with Crippen LogP contribution in [0.2, 0.25) is 0 Å². The summed E-state index contributed by atoms with van der Waals surface area (Å²) in [5.74, 6) is 0.742. The Morgan fingerprint density at radius 3 is 2.42 bits per heavy atom. The highest BCUT2D eigenvalue weighted by molar-refractivity contribution is 7.51. The van der Waals surface area contributed by atoms with E-state index in [-0.39, 0.29) is 12.1 Å². The number of hydrogen-bond acceptors (Lipinski definition) is 1. The van der Waals surface area contributed by atoms with Gasteiger partial charge in [-0.1, -0.05) is 26.2 Å². The van der Waals surface area contributed by atoms with Crippen molar-refractivity contribution in [2.24, 2.45) is 11.8 Å². The van der Waals surface area contributed by atoms with Gasteiger partial charge in [-0.25, -0.2) is 0 Å². The van der Waals surface area contributed by atoms with Crippen LogP contribution in [0.4, 0.5) is 0 Å². The molecule has 3 nitrogen and oxygen atoms in total. The first-order valence-electron chi connectivity index (χ1n) is 4.53. The average Bonchev–Trinajstić information content (AvgIpc) is 1.91. The summed E-state index contributed by atoms with van der Waals surface area (Å²) in [5, 5.41) is 0. The van der Waals surface area contributed by atoms with Crippen molar-refractivity contribution in [3.05, 3.63) is 0 Å². The minimum absolute atomic E-state index is 0.0914. The maximum atomic E-state index is 10.7. The molecule has 0 saturated heterocycles. The second-order valence-corrected chi connectivity index (χ2v) is 5.56. The van der Waals surface area contributed by atoms with E-state index in [9.17, 15) is 4.57 Å². The Kier molecular flexibility index (Phi) is 3.33. The van der Waals surface area contributed by atoms with Crippen LogP contribution in [0.5, 0.6) is 0 Å². The monoisotopic (exact) mass is 192 g/mol. The van der Waals surface area contributed by atoms with E-state index in [4.69, 9.17) is 9.79 Å². The van der Waals surface area contributed by atoms with E-state index in [0.29, 0.717) is 5.92 Å². The van der Waals surface area contributed by atoms with Gasteiger partial charge in [-0.05, 0) is 18.3 Å². The van der Waals surface area contributed by atoms with Crippen LogP contribution in [0, 0.1) is 11.8 Å². The largest absolute Gasteiger partial charge is 0.325 e. The lowest BCUT2D eigenvalue weighted by Gasteiger charge is -2.28. The molecule has 2 unspecified atom stereocenters. The van der Waals surface area contributed by atoms with Crippen molar-refractivity contribution in [1.82, 2.24) is 0 Å². The Labute approximate surface area is 73.3 Å². The lowest BCUT2D eigenvalue weighted by molar-refractivity contribution is 0.262. The van der Waals surface area contributed by atoms with E-state index < -0.39 is 7.60 Å². The second kappa shape index (κ2) is 3.91. The third-order valence-electron chi connectivity index (χ3n) is 2.76. The molecule has 2 atom stereocenters. The van der Waals surface area contributed by atoms with Crippen molar-refractivity contribution >= 4 is 7.60 Å². The van der Waals surface area contributed by atoms with E-state index >= 15 is 0 Å². The molecule has 0 aliphatic heterocycles. The summed E-state index contributed by atoms with van der Waals surface area (Å²) in [5.41, 5.74) is 0. The van der Waals surface area contributed by atoms with E-state index in [0.717, 1.165) is 19.3 Å². The quantitative estimate of drug-likeness (QED) is 0.658. The summed E-state index contributed by atoms with van der Waals surface area (Å²) in [7, 11) is -3.77. The molecule has 4 heteroatoms.